The molecule has 6 nitrogen and oxygen atoms in total. The van der Waals surface area contributed by atoms with Crippen LogP contribution >= 0.6 is 0 Å². The number of pyridine rings is 1. The molecule has 0 radical (unpaired) electrons. The van der Waals surface area contributed by atoms with Gasteiger partial charge < -0.3 is 4.74 Å². The van der Waals surface area contributed by atoms with Gasteiger partial charge in [-0.25, -0.2) is 4.79 Å². The van der Waals surface area contributed by atoms with Crippen molar-refractivity contribution in [2.45, 2.75) is 6.92 Å². The van der Waals surface area contributed by atoms with E-state index in [1.807, 2.05) is 6.92 Å². The van der Waals surface area contributed by atoms with Crippen LogP contribution in [0.25, 0.3) is 11.1 Å². The molecule has 94 valence electrons. The molecule has 0 spiro atoms. The Morgan fingerprint density at radius 2 is 2.17 bits per heavy atom. The number of esters is 1. The van der Waals surface area contributed by atoms with Gasteiger partial charge in [0.15, 0.2) is 5.69 Å². The van der Waals surface area contributed by atoms with Crippen molar-refractivity contribution in [1.82, 2.24) is 14.8 Å². The minimum Gasteiger partial charge on any atom is -0.464 e. The van der Waals surface area contributed by atoms with Gasteiger partial charge in [-0.3, -0.25) is 19.6 Å². The summed E-state index contributed by atoms with van der Waals surface area (Å²) >= 11 is 0. The van der Waals surface area contributed by atoms with Crippen molar-refractivity contribution >= 4 is 5.97 Å². The van der Waals surface area contributed by atoms with E-state index in [2.05, 4.69) is 14.8 Å². The molecule has 2 aromatic heterocycles. The maximum Gasteiger partial charge on any atom is 0.356 e. The summed E-state index contributed by atoms with van der Waals surface area (Å²) in [5, 5.41) is 2.68. The third-order valence-electron chi connectivity index (χ3n) is 2.60. The minimum absolute atomic E-state index is 0.136. The van der Waals surface area contributed by atoms with Crippen LogP contribution in [-0.4, -0.2) is 27.8 Å². The third-order valence-corrected chi connectivity index (χ3v) is 2.60. The molecule has 6 heteroatoms. The van der Waals surface area contributed by atoms with Crippen LogP contribution in [0.3, 0.4) is 0 Å². The lowest BCUT2D eigenvalue weighted by Crippen LogP contribution is -2.13. The number of methoxy groups -OCH3 is 1. The van der Waals surface area contributed by atoms with Crippen molar-refractivity contribution < 1.29 is 9.53 Å². The minimum atomic E-state index is -0.579. The molecule has 0 saturated heterocycles. The number of hydrogen-bond acceptors (Lipinski definition) is 4. The van der Waals surface area contributed by atoms with E-state index in [1.165, 1.54) is 11.8 Å². The monoisotopic (exact) mass is 247 g/mol. The first kappa shape index (κ1) is 12.1. The number of hydrogen-bond donors (Lipinski definition) is 1. The predicted molar refractivity (Wildman–Crippen MR) is 65.3 cm³/mol. The SMILES string of the molecule is COC(=O)c1[nH]n(C)c(=O)c1-c1cncc(C)c1. The number of rotatable bonds is 2. The Morgan fingerprint density at radius 3 is 2.78 bits per heavy atom. The topological polar surface area (TPSA) is 77.0 Å². The average molecular weight is 247 g/mol. The van der Waals surface area contributed by atoms with Gasteiger partial charge in [-0.1, -0.05) is 0 Å². The van der Waals surface area contributed by atoms with Crippen LogP contribution in [0.15, 0.2) is 23.3 Å². The molecule has 18 heavy (non-hydrogen) atoms. The Hall–Kier alpha value is -2.37. The number of nitrogens with one attached hydrogen (secondary N) is 1. The molecule has 0 aliphatic heterocycles. The largest absolute Gasteiger partial charge is 0.464 e. The number of aromatic amines is 1. The van der Waals surface area contributed by atoms with E-state index in [0.29, 0.717) is 5.56 Å². The fourth-order valence-corrected chi connectivity index (χ4v) is 1.76. The van der Waals surface area contributed by atoms with Crippen molar-refractivity contribution in [1.29, 1.82) is 0 Å². The molecule has 0 bridgehead atoms. The highest BCUT2D eigenvalue weighted by atomic mass is 16.5. The fraction of sp³-hybridized carbons (Fsp3) is 0.250. The summed E-state index contributed by atoms with van der Waals surface area (Å²) in [6.45, 7) is 1.87. The predicted octanol–water partition coefficient (Wildman–Crippen LogP) is 0.870. The number of H-pyrrole nitrogens is 1. The number of nitrogens with zero attached hydrogens (tertiary/aromatic N) is 2. The van der Waals surface area contributed by atoms with E-state index < -0.39 is 5.97 Å². The Bertz CT molecular complexity index is 655. The summed E-state index contributed by atoms with van der Waals surface area (Å²) in [5.74, 6) is -0.579. The van der Waals surface area contributed by atoms with Gasteiger partial charge in [-0.05, 0) is 18.6 Å². The Morgan fingerprint density at radius 1 is 1.44 bits per heavy atom. The molecule has 0 aromatic carbocycles. The van der Waals surface area contributed by atoms with Crippen LogP contribution in [0.2, 0.25) is 0 Å². The molecule has 2 aromatic rings. The van der Waals surface area contributed by atoms with E-state index in [4.69, 9.17) is 0 Å². The van der Waals surface area contributed by atoms with Gasteiger partial charge in [0, 0.05) is 25.0 Å². The number of aromatic nitrogens is 3. The zero-order valence-electron chi connectivity index (χ0n) is 10.4. The van der Waals surface area contributed by atoms with E-state index in [-0.39, 0.29) is 16.8 Å². The van der Waals surface area contributed by atoms with E-state index >= 15 is 0 Å². The number of aryl methyl sites for hydroxylation is 2. The van der Waals surface area contributed by atoms with E-state index in [9.17, 15) is 9.59 Å². The summed E-state index contributed by atoms with van der Waals surface area (Å²) in [6, 6.07) is 1.80. The Kier molecular flexibility index (Phi) is 3.01. The van der Waals surface area contributed by atoms with Gasteiger partial charge in [0.1, 0.15) is 0 Å². The smallest absolute Gasteiger partial charge is 0.356 e. The molecular weight excluding hydrogens is 234 g/mol. The molecule has 0 fully saturated rings. The molecule has 0 aliphatic carbocycles. The van der Waals surface area contributed by atoms with Crippen LogP contribution in [-0.2, 0) is 11.8 Å². The molecule has 0 atom stereocenters. The fourth-order valence-electron chi connectivity index (χ4n) is 1.76. The van der Waals surface area contributed by atoms with Gasteiger partial charge in [0.25, 0.3) is 5.56 Å². The lowest BCUT2D eigenvalue weighted by atomic mass is 10.1. The molecular formula is C12H13N3O3. The quantitative estimate of drug-likeness (QED) is 0.799. The molecule has 0 aliphatic rings. The van der Waals surface area contributed by atoms with Gasteiger partial charge in [-0.15, -0.1) is 0 Å². The first-order chi connectivity index (χ1) is 8.54. The first-order valence-electron chi connectivity index (χ1n) is 5.34. The maximum atomic E-state index is 12.0. The Balaban J connectivity index is 2.70. The molecule has 2 heterocycles. The summed E-state index contributed by atoms with van der Waals surface area (Å²) in [4.78, 5) is 27.7. The molecule has 0 saturated carbocycles. The second-order valence-electron chi connectivity index (χ2n) is 3.97. The lowest BCUT2D eigenvalue weighted by molar-refractivity contribution is 0.0594. The number of carbonyl (C=O) groups is 1. The summed E-state index contributed by atoms with van der Waals surface area (Å²) in [6.07, 6.45) is 3.22. The van der Waals surface area contributed by atoms with Gasteiger partial charge in [-0.2, -0.15) is 0 Å². The first-order valence-corrected chi connectivity index (χ1v) is 5.34. The van der Waals surface area contributed by atoms with Crippen molar-refractivity contribution in [2.75, 3.05) is 7.11 Å². The lowest BCUT2D eigenvalue weighted by Gasteiger charge is -2.01. The highest BCUT2D eigenvalue weighted by Gasteiger charge is 2.21. The summed E-state index contributed by atoms with van der Waals surface area (Å²) < 4.78 is 5.89. The van der Waals surface area contributed by atoms with E-state index in [0.717, 1.165) is 5.56 Å². The van der Waals surface area contributed by atoms with Crippen molar-refractivity contribution in [3.05, 3.63) is 40.1 Å². The zero-order chi connectivity index (χ0) is 13.3. The van der Waals surface area contributed by atoms with Crippen molar-refractivity contribution in [2.24, 2.45) is 7.05 Å². The van der Waals surface area contributed by atoms with Gasteiger partial charge >= 0.3 is 5.97 Å². The highest BCUT2D eigenvalue weighted by Crippen LogP contribution is 2.19. The van der Waals surface area contributed by atoms with Crippen LogP contribution in [0.4, 0.5) is 0 Å². The second-order valence-corrected chi connectivity index (χ2v) is 3.97. The zero-order valence-corrected chi connectivity index (χ0v) is 10.4. The molecule has 0 amide bonds. The van der Waals surface area contributed by atoms with Gasteiger partial charge in [0.2, 0.25) is 0 Å². The van der Waals surface area contributed by atoms with Crippen LogP contribution in [0.1, 0.15) is 16.1 Å². The molecule has 2 rings (SSSR count). The molecule has 0 unspecified atom stereocenters. The normalized spacial score (nSPS) is 10.4. The Labute approximate surface area is 103 Å². The summed E-state index contributed by atoms with van der Waals surface area (Å²) in [7, 11) is 2.81. The van der Waals surface area contributed by atoms with Crippen LogP contribution in [0.5, 0.6) is 0 Å². The number of carbonyl (C=O) groups excluding carboxylic acids is 1. The van der Waals surface area contributed by atoms with Crippen LogP contribution in [0, 0.1) is 6.92 Å². The van der Waals surface area contributed by atoms with Crippen molar-refractivity contribution in [3.63, 3.8) is 0 Å². The maximum absolute atomic E-state index is 12.0. The van der Waals surface area contributed by atoms with Crippen LogP contribution < -0.4 is 5.56 Å². The van der Waals surface area contributed by atoms with E-state index in [1.54, 1.807) is 25.5 Å². The second kappa shape index (κ2) is 4.48. The molecule has 1 N–H and O–H groups in total. The average Bonchev–Trinajstić information content (AvgIpc) is 2.65. The third kappa shape index (κ3) is 1.92. The number of ether oxygens (including phenoxy) is 1. The van der Waals surface area contributed by atoms with Crippen molar-refractivity contribution in [3.8, 4) is 11.1 Å². The highest BCUT2D eigenvalue weighted by molar-refractivity contribution is 5.94. The van der Waals surface area contributed by atoms with Gasteiger partial charge in [0.05, 0.1) is 12.7 Å². The summed E-state index contributed by atoms with van der Waals surface area (Å²) in [5.41, 5.74) is 1.63. The standard InChI is InChI=1S/C12H13N3O3/c1-7-4-8(6-13-5-7)9-10(12(17)18-3)14-15(2)11(9)16/h4-6,14H,1-3H3.